The number of alkyl halides is 3. The molecule has 0 saturated carbocycles. The van der Waals surface area contributed by atoms with Crippen molar-refractivity contribution in [1.82, 2.24) is 9.55 Å². The lowest BCUT2D eigenvalue weighted by molar-refractivity contribution is -0.141. The van der Waals surface area contributed by atoms with Crippen molar-refractivity contribution >= 4 is 17.6 Å². The highest BCUT2D eigenvalue weighted by atomic mass is 35.5. The molecule has 0 atom stereocenters. The number of aromatic nitrogens is 2. The maximum absolute atomic E-state index is 14.2. The van der Waals surface area contributed by atoms with Gasteiger partial charge in [-0.25, -0.2) is 13.8 Å². The van der Waals surface area contributed by atoms with E-state index in [4.69, 9.17) is 11.6 Å². The van der Waals surface area contributed by atoms with Crippen LogP contribution in [0.5, 0.6) is 6.01 Å². The molecular formula is C14H9ClF4N2O4. The number of esters is 1. The highest BCUT2D eigenvalue weighted by molar-refractivity contribution is 6.33. The van der Waals surface area contributed by atoms with Gasteiger partial charge >= 0.3 is 18.2 Å². The van der Waals surface area contributed by atoms with Crippen molar-refractivity contribution in [2.24, 2.45) is 0 Å². The normalized spacial score (nSPS) is 11.3. The first-order valence-electron chi connectivity index (χ1n) is 6.43. The lowest BCUT2D eigenvalue weighted by atomic mass is 10.2. The van der Waals surface area contributed by atoms with Crippen LogP contribution in [0.1, 0.15) is 16.1 Å². The standard InChI is InChI=1S/C14H9ClF4N2O4/c1-24-12(23)6-3-9(8(16)4-7(6)15)21-11(22)5-10(14(17,18)19)20-13(21)25-2/h3-5H,1-2H3. The number of hydrogen-bond donors (Lipinski definition) is 0. The van der Waals surface area contributed by atoms with Crippen molar-refractivity contribution in [3.05, 3.63) is 50.7 Å². The summed E-state index contributed by atoms with van der Waals surface area (Å²) in [4.78, 5) is 26.9. The van der Waals surface area contributed by atoms with Gasteiger partial charge in [0.05, 0.1) is 30.5 Å². The molecule has 25 heavy (non-hydrogen) atoms. The average molecular weight is 381 g/mol. The van der Waals surface area contributed by atoms with Crippen molar-refractivity contribution in [2.75, 3.05) is 14.2 Å². The van der Waals surface area contributed by atoms with E-state index in [9.17, 15) is 27.2 Å². The Morgan fingerprint density at radius 2 is 1.88 bits per heavy atom. The van der Waals surface area contributed by atoms with Crippen molar-refractivity contribution in [3.8, 4) is 11.7 Å². The molecule has 0 aliphatic carbocycles. The van der Waals surface area contributed by atoms with Crippen molar-refractivity contribution in [3.63, 3.8) is 0 Å². The van der Waals surface area contributed by atoms with Crippen LogP contribution in [-0.2, 0) is 10.9 Å². The molecule has 0 unspecified atom stereocenters. The second-order valence-electron chi connectivity index (χ2n) is 4.57. The number of halogens is 5. The van der Waals surface area contributed by atoms with Crippen LogP contribution in [0.2, 0.25) is 5.02 Å². The van der Waals surface area contributed by atoms with Gasteiger partial charge in [-0.3, -0.25) is 4.79 Å². The van der Waals surface area contributed by atoms with E-state index in [1.807, 2.05) is 0 Å². The molecule has 0 aliphatic rings. The topological polar surface area (TPSA) is 70.4 Å². The maximum Gasteiger partial charge on any atom is 0.433 e. The Hall–Kier alpha value is -2.62. The lowest BCUT2D eigenvalue weighted by Crippen LogP contribution is -2.25. The van der Waals surface area contributed by atoms with Gasteiger partial charge in [-0.2, -0.15) is 18.2 Å². The number of carbonyl (C=O) groups excluding carboxylic acids is 1. The second-order valence-corrected chi connectivity index (χ2v) is 4.98. The van der Waals surface area contributed by atoms with Gasteiger partial charge < -0.3 is 9.47 Å². The molecule has 2 rings (SSSR count). The molecule has 1 aromatic heterocycles. The fourth-order valence-corrected chi connectivity index (χ4v) is 2.17. The smallest absolute Gasteiger partial charge is 0.433 e. The summed E-state index contributed by atoms with van der Waals surface area (Å²) in [5.74, 6) is -2.02. The van der Waals surface area contributed by atoms with Crippen LogP contribution in [0, 0.1) is 5.82 Å². The number of nitrogens with zero attached hydrogens (tertiary/aromatic N) is 2. The summed E-state index contributed by atoms with van der Waals surface area (Å²) in [6.07, 6.45) is -4.90. The van der Waals surface area contributed by atoms with Crippen LogP contribution in [0.15, 0.2) is 23.0 Å². The van der Waals surface area contributed by atoms with Gasteiger partial charge in [0, 0.05) is 6.07 Å². The molecule has 11 heteroatoms. The van der Waals surface area contributed by atoms with Gasteiger partial charge in [0.15, 0.2) is 5.69 Å². The van der Waals surface area contributed by atoms with Crippen LogP contribution >= 0.6 is 11.6 Å². The summed E-state index contributed by atoms with van der Waals surface area (Å²) in [5.41, 5.74) is -3.65. The van der Waals surface area contributed by atoms with Crippen LogP contribution in [0.4, 0.5) is 17.6 Å². The molecule has 1 aromatic carbocycles. The first kappa shape index (κ1) is 18.7. The van der Waals surface area contributed by atoms with E-state index in [-0.39, 0.29) is 16.7 Å². The van der Waals surface area contributed by atoms with E-state index in [0.717, 1.165) is 20.3 Å². The lowest BCUT2D eigenvalue weighted by Gasteiger charge is -2.15. The highest BCUT2D eigenvalue weighted by Gasteiger charge is 2.35. The zero-order chi connectivity index (χ0) is 18.9. The average Bonchev–Trinajstić information content (AvgIpc) is 2.53. The quantitative estimate of drug-likeness (QED) is 0.605. The van der Waals surface area contributed by atoms with Crippen LogP contribution in [0.3, 0.4) is 0 Å². The summed E-state index contributed by atoms with van der Waals surface area (Å²) < 4.78 is 62.0. The van der Waals surface area contributed by atoms with Crippen LogP contribution in [0.25, 0.3) is 5.69 Å². The van der Waals surface area contributed by atoms with E-state index in [2.05, 4.69) is 14.5 Å². The zero-order valence-corrected chi connectivity index (χ0v) is 13.4. The Bertz CT molecular complexity index is 896. The molecule has 0 spiro atoms. The van der Waals surface area contributed by atoms with Gasteiger partial charge in [-0.15, -0.1) is 0 Å². The summed E-state index contributed by atoms with van der Waals surface area (Å²) in [5, 5.41) is -0.306. The first-order valence-corrected chi connectivity index (χ1v) is 6.81. The SMILES string of the molecule is COC(=O)c1cc(-n2c(OC)nc(C(F)(F)F)cc2=O)c(F)cc1Cl. The van der Waals surface area contributed by atoms with Gasteiger partial charge in [0.25, 0.3) is 5.56 Å². The largest absolute Gasteiger partial charge is 0.468 e. The molecule has 0 fully saturated rings. The molecular weight excluding hydrogens is 372 g/mol. The van der Waals surface area contributed by atoms with Crippen molar-refractivity contribution in [1.29, 1.82) is 0 Å². The third kappa shape index (κ3) is 3.58. The first-order chi connectivity index (χ1) is 11.6. The summed E-state index contributed by atoms with van der Waals surface area (Å²) in [7, 11) is 2.00. The molecule has 0 radical (unpaired) electrons. The minimum absolute atomic E-state index is 0.175. The number of carbonyl (C=O) groups is 1. The predicted octanol–water partition coefficient (Wildman–Crippen LogP) is 2.84. The van der Waals surface area contributed by atoms with Crippen molar-refractivity contribution < 1.29 is 31.8 Å². The van der Waals surface area contributed by atoms with Gasteiger partial charge in [0.2, 0.25) is 0 Å². The fraction of sp³-hybridized carbons (Fsp3) is 0.214. The third-order valence-electron chi connectivity index (χ3n) is 3.04. The molecule has 1 heterocycles. The Labute approximate surface area is 142 Å². The Kier molecular flexibility index (Phi) is 5.02. The van der Waals surface area contributed by atoms with Crippen LogP contribution < -0.4 is 10.3 Å². The predicted molar refractivity (Wildman–Crippen MR) is 77.7 cm³/mol. The third-order valence-corrected chi connectivity index (χ3v) is 3.36. The zero-order valence-electron chi connectivity index (χ0n) is 12.6. The van der Waals surface area contributed by atoms with E-state index in [1.165, 1.54) is 0 Å². The molecule has 2 aromatic rings. The molecule has 0 aliphatic heterocycles. The molecule has 6 nitrogen and oxygen atoms in total. The van der Waals surface area contributed by atoms with Crippen LogP contribution in [-0.4, -0.2) is 29.7 Å². The van der Waals surface area contributed by atoms with Gasteiger partial charge in [-0.1, -0.05) is 11.6 Å². The van der Waals surface area contributed by atoms with E-state index < -0.39 is 40.9 Å². The number of ether oxygens (including phenoxy) is 2. The van der Waals surface area contributed by atoms with E-state index in [1.54, 1.807) is 0 Å². The molecule has 134 valence electrons. The number of benzene rings is 1. The Morgan fingerprint density at radius 1 is 1.24 bits per heavy atom. The van der Waals surface area contributed by atoms with Gasteiger partial charge in [-0.05, 0) is 12.1 Å². The van der Waals surface area contributed by atoms with Crippen molar-refractivity contribution in [2.45, 2.75) is 6.18 Å². The van der Waals surface area contributed by atoms with E-state index in [0.29, 0.717) is 10.6 Å². The number of rotatable bonds is 3. The molecule has 0 saturated heterocycles. The van der Waals surface area contributed by atoms with Gasteiger partial charge in [0.1, 0.15) is 5.82 Å². The number of hydrogen-bond acceptors (Lipinski definition) is 5. The second kappa shape index (κ2) is 6.71. The summed E-state index contributed by atoms with van der Waals surface area (Å²) in [6, 6.07) is 0.917. The molecule has 0 amide bonds. The fourth-order valence-electron chi connectivity index (χ4n) is 1.94. The highest BCUT2D eigenvalue weighted by Crippen LogP contribution is 2.30. The maximum atomic E-state index is 14.2. The molecule has 0 bridgehead atoms. The van der Waals surface area contributed by atoms with E-state index >= 15 is 0 Å². The Morgan fingerprint density at radius 3 is 2.40 bits per heavy atom. The number of methoxy groups -OCH3 is 2. The minimum atomic E-state index is -4.90. The minimum Gasteiger partial charge on any atom is -0.468 e. The summed E-state index contributed by atoms with van der Waals surface area (Å²) in [6.45, 7) is 0. The monoisotopic (exact) mass is 380 g/mol. The molecule has 0 N–H and O–H groups in total. The summed E-state index contributed by atoms with van der Waals surface area (Å²) >= 11 is 5.74. The Balaban J connectivity index is 2.78.